The van der Waals surface area contributed by atoms with Crippen LogP contribution in [0.1, 0.15) is 36.8 Å². The van der Waals surface area contributed by atoms with E-state index in [9.17, 15) is 18.0 Å². The van der Waals surface area contributed by atoms with Gasteiger partial charge >= 0.3 is 6.18 Å². The number of halogens is 3. The quantitative estimate of drug-likeness (QED) is 0.219. The minimum absolute atomic E-state index is 0.0378. The van der Waals surface area contributed by atoms with E-state index in [2.05, 4.69) is 52.2 Å². The van der Waals surface area contributed by atoms with E-state index in [-0.39, 0.29) is 17.1 Å². The molecule has 1 spiro atoms. The van der Waals surface area contributed by atoms with Crippen LogP contribution >= 0.6 is 0 Å². The number of carbonyl (C=O) groups excluding carboxylic acids is 1. The average molecular weight is 689 g/mol. The van der Waals surface area contributed by atoms with Gasteiger partial charge < -0.3 is 24.3 Å². The number of hydrogen-bond donors (Lipinski definition) is 1. The summed E-state index contributed by atoms with van der Waals surface area (Å²) >= 11 is 0. The molecule has 0 saturated carbocycles. The Balaban J connectivity index is 1.39. The van der Waals surface area contributed by atoms with E-state index in [0.717, 1.165) is 42.1 Å². The minimum Gasteiger partial charge on any atom is -0.481 e. The third kappa shape index (κ3) is 6.16. The summed E-state index contributed by atoms with van der Waals surface area (Å²) in [6, 6.07) is 6.18. The van der Waals surface area contributed by atoms with Crippen LogP contribution in [-0.2, 0) is 4.79 Å². The van der Waals surface area contributed by atoms with Crippen LogP contribution in [0.5, 0.6) is 5.75 Å². The van der Waals surface area contributed by atoms with Crippen molar-refractivity contribution < 1.29 is 22.7 Å². The van der Waals surface area contributed by atoms with E-state index < -0.39 is 12.8 Å². The average Bonchev–Trinajstić information content (AvgIpc) is 3.57. The van der Waals surface area contributed by atoms with Crippen molar-refractivity contribution >= 4 is 45.6 Å². The number of likely N-dealkylation sites (tertiary alicyclic amines) is 1. The van der Waals surface area contributed by atoms with E-state index in [1.165, 1.54) is 6.08 Å². The van der Waals surface area contributed by atoms with E-state index in [1.54, 1.807) is 12.3 Å². The molecule has 10 nitrogen and oxygen atoms in total. The number of alkyl halides is 3. The first-order valence-electron chi connectivity index (χ1n) is 17.1. The van der Waals surface area contributed by atoms with Gasteiger partial charge in [0.05, 0.1) is 11.7 Å². The number of nitrogens with one attached hydrogen (secondary N) is 1. The van der Waals surface area contributed by atoms with Crippen LogP contribution in [0.2, 0.25) is 0 Å². The fraction of sp³-hybridized carbons (Fsp3) is 0.459. The summed E-state index contributed by atoms with van der Waals surface area (Å²) in [6.07, 6.45) is 3.65. The molecule has 2 aromatic heterocycles. The Morgan fingerprint density at radius 3 is 2.42 bits per heavy atom. The predicted octanol–water partition coefficient (Wildman–Crippen LogP) is 6.21. The van der Waals surface area contributed by atoms with Gasteiger partial charge in [0.2, 0.25) is 11.9 Å². The Labute approximate surface area is 289 Å². The van der Waals surface area contributed by atoms with Gasteiger partial charge in [-0.25, -0.2) is 4.98 Å². The molecule has 0 unspecified atom stereocenters. The standard InChI is InChI=1S/C37H43F3N8O2/c1-6-24-18-26-32(33(50-22-37(38,39)40)31(24)30-23(3)8-9-28-27(30)19-41-44-28)42-35(47-14-10-25(11-15-47)45(4)5)43-34(26)46-16-12-36(13-17-46)20-48(21-36)29(49)7-2/h6-9,18-19,25H,1-2,10-17,20-22H2,3-5H3,(H,41,44). The Hall–Kier alpha value is -4.65. The summed E-state index contributed by atoms with van der Waals surface area (Å²) < 4.78 is 47.7. The lowest BCUT2D eigenvalue weighted by Crippen LogP contribution is -2.61. The molecule has 264 valence electrons. The van der Waals surface area contributed by atoms with Crippen LogP contribution in [0, 0.1) is 12.3 Å². The topological polar surface area (TPSA) is 93.7 Å². The molecule has 0 bridgehead atoms. The van der Waals surface area contributed by atoms with E-state index in [4.69, 9.17) is 14.7 Å². The molecule has 3 aliphatic rings. The predicted molar refractivity (Wildman–Crippen MR) is 191 cm³/mol. The number of aromatic nitrogens is 4. The Morgan fingerprint density at radius 1 is 1.06 bits per heavy atom. The molecule has 0 radical (unpaired) electrons. The van der Waals surface area contributed by atoms with Crippen LogP contribution in [-0.4, -0.2) is 108 Å². The Kier molecular flexibility index (Phi) is 8.73. The molecule has 5 heterocycles. The molecule has 2 aromatic carbocycles. The monoisotopic (exact) mass is 688 g/mol. The number of hydrogen-bond acceptors (Lipinski definition) is 8. The largest absolute Gasteiger partial charge is 0.481 e. The summed E-state index contributed by atoms with van der Waals surface area (Å²) in [4.78, 5) is 30.8. The van der Waals surface area contributed by atoms with Gasteiger partial charge in [-0.2, -0.15) is 23.3 Å². The van der Waals surface area contributed by atoms with Crippen molar-refractivity contribution in [1.82, 2.24) is 30.0 Å². The van der Waals surface area contributed by atoms with E-state index in [0.29, 0.717) is 84.7 Å². The number of anilines is 2. The van der Waals surface area contributed by atoms with Crippen molar-refractivity contribution in [3.63, 3.8) is 0 Å². The van der Waals surface area contributed by atoms with Crippen molar-refractivity contribution in [3.8, 4) is 16.9 Å². The summed E-state index contributed by atoms with van der Waals surface area (Å²) in [5.74, 6) is 1.13. The van der Waals surface area contributed by atoms with Gasteiger partial charge in [-0.05, 0) is 81.6 Å². The minimum atomic E-state index is -4.58. The number of benzene rings is 2. The molecule has 3 aliphatic heterocycles. The van der Waals surface area contributed by atoms with E-state index in [1.807, 2.05) is 30.0 Å². The molecular formula is C37H43F3N8O2. The van der Waals surface area contributed by atoms with Crippen LogP contribution in [0.4, 0.5) is 24.9 Å². The van der Waals surface area contributed by atoms with Crippen LogP contribution in [0.15, 0.2) is 43.6 Å². The van der Waals surface area contributed by atoms with Crippen LogP contribution in [0.25, 0.3) is 39.0 Å². The molecule has 4 aromatic rings. The van der Waals surface area contributed by atoms with E-state index >= 15 is 0 Å². The number of aryl methyl sites for hydroxylation is 1. The Morgan fingerprint density at radius 2 is 1.78 bits per heavy atom. The van der Waals surface area contributed by atoms with Crippen LogP contribution in [0.3, 0.4) is 0 Å². The summed E-state index contributed by atoms with van der Waals surface area (Å²) in [7, 11) is 4.16. The van der Waals surface area contributed by atoms with Crippen molar-refractivity contribution in [1.29, 1.82) is 0 Å². The number of aromatic amines is 1. The van der Waals surface area contributed by atoms with Gasteiger partial charge in [0, 0.05) is 67.1 Å². The summed E-state index contributed by atoms with van der Waals surface area (Å²) in [5.41, 5.74) is 3.78. The van der Waals surface area contributed by atoms with Crippen LogP contribution < -0.4 is 14.5 Å². The number of nitrogens with zero attached hydrogens (tertiary/aromatic N) is 7. The van der Waals surface area contributed by atoms with Gasteiger partial charge in [-0.15, -0.1) is 0 Å². The molecule has 50 heavy (non-hydrogen) atoms. The second kappa shape index (κ2) is 12.9. The zero-order valence-corrected chi connectivity index (χ0v) is 28.8. The van der Waals surface area contributed by atoms with Crippen molar-refractivity contribution in [3.05, 3.63) is 54.8 Å². The van der Waals surface area contributed by atoms with Crippen molar-refractivity contribution in [2.45, 2.75) is 44.8 Å². The molecular weight excluding hydrogens is 645 g/mol. The first kappa shape index (κ1) is 33.8. The lowest BCUT2D eigenvalue weighted by Gasteiger charge is -2.54. The maximum atomic E-state index is 14.0. The number of ether oxygens (including phenoxy) is 1. The van der Waals surface area contributed by atoms with Gasteiger partial charge in [0.25, 0.3) is 0 Å². The highest BCUT2D eigenvalue weighted by molar-refractivity contribution is 6.07. The smallest absolute Gasteiger partial charge is 0.422 e. The number of fused-ring (bicyclic) bond motifs is 2. The van der Waals surface area contributed by atoms with Crippen molar-refractivity contribution in [2.75, 3.05) is 69.8 Å². The molecule has 13 heteroatoms. The second-order valence-corrected chi connectivity index (χ2v) is 14.2. The summed E-state index contributed by atoms with van der Waals surface area (Å²) in [6.45, 7) is 12.3. The highest BCUT2D eigenvalue weighted by atomic mass is 19.4. The first-order valence-corrected chi connectivity index (χ1v) is 17.1. The third-order valence-electron chi connectivity index (χ3n) is 10.8. The molecule has 3 saturated heterocycles. The first-order chi connectivity index (χ1) is 23.9. The lowest BCUT2D eigenvalue weighted by molar-refractivity contribution is -0.153. The lowest BCUT2D eigenvalue weighted by atomic mass is 9.72. The highest BCUT2D eigenvalue weighted by Gasteiger charge is 2.46. The van der Waals surface area contributed by atoms with Crippen molar-refractivity contribution in [2.24, 2.45) is 5.41 Å². The number of piperidine rings is 2. The zero-order valence-electron chi connectivity index (χ0n) is 28.8. The molecule has 3 fully saturated rings. The maximum Gasteiger partial charge on any atom is 0.422 e. The molecule has 1 amide bonds. The fourth-order valence-corrected chi connectivity index (χ4v) is 7.92. The van der Waals surface area contributed by atoms with Gasteiger partial charge in [-0.3, -0.25) is 9.89 Å². The second-order valence-electron chi connectivity index (χ2n) is 14.2. The normalized spacial score (nSPS) is 18.3. The summed E-state index contributed by atoms with van der Waals surface area (Å²) in [5, 5.41) is 8.59. The SMILES string of the molecule is C=CC(=O)N1CC2(CCN(c3nc(N4CCC(N(C)C)CC4)nc4c(OCC(F)(F)F)c(-c5c(C)ccc6[nH]ncc56)c(C=C)cc34)CC2)C1. The number of amides is 1. The molecule has 7 rings (SSSR count). The molecule has 0 atom stereocenters. The molecule has 1 N–H and O–H groups in total. The third-order valence-corrected chi connectivity index (χ3v) is 10.8. The number of H-pyrrole nitrogens is 1. The number of carbonyl (C=O) groups is 1. The fourth-order valence-electron chi connectivity index (χ4n) is 7.92. The number of rotatable bonds is 8. The van der Waals surface area contributed by atoms with Gasteiger partial charge in [0.15, 0.2) is 12.4 Å². The maximum absolute atomic E-state index is 14.0. The van der Waals surface area contributed by atoms with Gasteiger partial charge in [-0.1, -0.05) is 25.3 Å². The Bertz CT molecular complexity index is 1950. The molecule has 0 aliphatic carbocycles. The highest BCUT2D eigenvalue weighted by Crippen LogP contribution is 2.48. The van der Waals surface area contributed by atoms with Gasteiger partial charge in [0.1, 0.15) is 11.3 Å². The zero-order chi connectivity index (χ0) is 35.4.